The predicted octanol–water partition coefficient (Wildman–Crippen LogP) is 3.56. The quantitative estimate of drug-likeness (QED) is 0.898. The van der Waals surface area contributed by atoms with E-state index in [4.69, 9.17) is 0 Å². The van der Waals surface area contributed by atoms with Crippen LogP contribution in [0.2, 0.25) is 0 Å². The average Bonchev–Trinajstić information content (AvgIpc) is 2.84. The maximum absolute atomic E-state index is 12.4. The molecule has 0 saturated carbocycles. The van der Waals surface area contributed by atoms with Gasteiger partial charge in [0.15, 0.2) is 0 Å². The number of nitrogens with one attached hydrogen (secondary N) is 1. The normalized spacial score (nSPS) is 20.4. The fourth-order valence-corrected chi connectivity index (χ4v) is 3.49. The van der Waals surface area contributed by atoms with Gasteiger partial charge < -0.3 is 4.90 Å². The van der Waals surface area contributed by atoms with E-state index >= 15 is 0 Å². The van der Waals surface area contributed by atoms with E-state index in [-0.39, 0.29) is 18.1 Å². The molecule has 0 radical (unpaired) electrons. The van der Waals surface area contributed by atoms with Crippen LogP contribution in [0.3, 0.4) is 0 Å². The van der Waals surface area contributed by atoms with E-state index in [9.17, 15) is 4.79 Å². The minimum atomic E-state index is 0.0213. The Labute approximate surface area is 128 Å². The van der Waals surface area contributed by atoms with Crippen LogP contribution >= 0.6 is 0 Å². The summed E-state index contributed by atoms with van der Waals surface area (Å²) >= 11 is 0. The zero-order valence-corrected chi connectivity index (χ0v) is 13.9. The summed E-state index contributed by atoms with van der Waals surface area (Å²) in [6, 6.07) is 6.75. The lowest BCUT2D eigenvalue weighted by molar-refractivity contribution is -0.131. The standard InChI is InChI=1S/C18H28N2O/c1-6-15(7-2)14(5)20-17(21)11-19-18(20)16-10-12(3)8-9-13(16)4/h8-10,14-15,18-19H,6-7,11H2,1-5H3. The molecule has 0 spiro atoms. The van der Waals surface area contributed by atoms with Crippen LogP contribution in [-0.2, 0) is 4.79 Å². The molecule has 1 saturated heterocycles. The summed E-state index contributed by atoms with van der Waals surface area (Å²) in [4.78, 5) is 14.5. The van der Waals surface area contributed by atoms with Crippen molar-refractivity contribution in [2.24, 2.45) is 5.92 Å². The molecule has 3 heteroatoms. The van der Waals surface area contributed by atoms with Crippen molar-refractivity contribution in [2.45, 2.75) is 59.7 Å². The summed E-state index contributed by atoms with van der Waals surface area (Å²) in [5.74, 6) is 0.779. The van der Waals surface area contributed by atoms with Gasteiger partial charge in [0.05, 0.1) is 6.54 Å². The Kier molecular flexibility index (Phi) is 5.04. The molecule has 2 rings (SSSR count). The summed E-state index contributed by atoms with van der Waals surface area (Å²) in [6.45, 7) is 11.3. The van der Waals surface area contributed by atoms with Gasteiger partial charge in [-0.1, -0.05) is 50.5 Å². The minimum absolute atomic E-state index is 0.0213. The van der Waals surface area contributed by atoms with E-state index in [0.29, 0.717) is 12.5 Å². The zero-order valence-electron chi connectivity index (χ0n) is 13.9. The van der Waals surface area contributed by atoms with Gasteiger partial charge in [-0.25, -0.2) is 0 Å². The first-order chi connectivity index (χ1) is 9.99. The van der Waals surface area contributed by atoms with E-state index in [0.717, 1.165) is 12.8 Å². The third-order valence-electron chi connectivity index (χ3n) is 4.91. The van der Waals surface area contributed by atoms with Crippen LogP contribution in [0.4, 0.5) is 0 Å². The van der Waals surface area contributed by atoms with Crippen LogP contribution in [-0.4, -0.2) is 23.4 Å². The van der Waals surface area contributed by atoms with Gasteiger partial charge in [0, 0.05) is 6.04 Å². The molecule has 0 aliphatic carbocycles. The molecule has 1 heterocycles. The Balaban J connectivity index is 2.34. The van der Waals surface area contributed by atoms with Crippen molar-refractivity contribution in [1.29, 1.82) is 0 Å². The second-order valence-corrected chi connectivity index (χ2v) is 6.26. The second-order valence-electron chi connectivity index (χ2n) is 6.26. The number of nitrogens with zero attached hydrogens (tertiary/aromatic N) is 1. The smallest absolute Gasteiger partial charge is 0.238 e. The van der Waals surface area contributed by atoms with Crippen LogP contribution in [0, 0.1) is 19.8 Å². The number of carbonyl (C=O) groups is 1. The molecule has 2 unspecified atom stereocenters. The van der Waals surface area contributed by atoms with Gasteiger partial charge >= 0.3 is 0 Å². The van der Waals surface area contributed by atoms with Gasteiger partial charge in [-0.05, 0) is 37.8 Å². The number of hydrogen-bond donors (Lipinski definition) is 1. The van der Waals surface area contributed by atoms with E-state index in [1.54, 1.807) is 0 Å². The fourth-order valence-electron chi connectivity index (χ4n) is 3.49. The van der Waals surface area contributed by atoms with E-state index < -0.39 is 0 Å². The van der Waals surface area contributed by atoms with Crippen LogP contribution < -0.4 is 5.32 Å². The van der Waals surface area contributed by atoms with Crippen molar-refractivity contribution < 1.29 is 4.79 Å². The van der Waals surface area contributed by atoms with Crippen molar-refractivity contribution in [3.8, 4) is 0 Å². The molecular formula is C18H28N2O. The highest BCUT2D eigenvalue weighted by Crippen LogP contribution is 2.31. The third kappa shape index (κ3) is 3.13. The van der Waals surface area contributed by atoms with E-state index in [1.165, 1.54) is 16.7 Å². The molecule has 1 aliphatic heterocycles. The van der Waals surface area contributed by atoms with Gasteiger partial charge in [0.1, 0.15) is 6.17 Å². The van der Waals surface area contributed by atoms with Gasteiger partial charge in [0.2, 0.25) is 5.91 Å². The number of carbonyl (C=O) groups excluding carboxylic acids is 1. The first-order valence-electron chi connectivity index (χ1n) is 8.11. The van der Waals surface area contributed by atoms with Crippen molar-refractivity contribution in [2.75, 3.05) is 6.54 Å². The van der Waals surface area contributed by atoms with E-state index in [2.05, 4.69) is 63.0 Å². The second kappa shape index (κ2) is 6.61. The molecule has 3 nitrogen and oxygen atoms in total. The fraction of sp³-hybridized carbons (Fsp3) is 0.611. The highest BCUT2D eigenvalue weighted by atomic mass is 16.2. The maximum Gasteiger partial charge on any atom is 0.238 e. The molecule has 21 heavy (non-hydrogen) atoms. The topological polar surface area (TPSA) is 32.3 Å². The molecule has 1 aromatic rings. The Morgan fingerprint density at radius 1 is 1.29 bits per heavy atom. The monoisotopic (exact) mass is 288 g/mol. The van der Waals surface area contributed by atoms with Gasteiger partial charge in [0.25, 0.3) is 0 Å². The highest BCUT2D eigenvalue weighted by molar-refractivity contribution is 5.81. The Morgan fingerprint density at radius 2 is 1.95 bits per heavy atom. The highest BCUT2D eigenvalue weighted by Gasteiger charge is 2.37. The lowest BCUT2D eigenvalue weighted by Crippen LogP contribution is -2.42. The number of hydrogen-bond acceptors (Lipinski definition) is 2. The van der Waals surface area contributed by atoms with Crippen LogP contribution in [0.5, 0.6) is 0 Å². The van der Waals surface area contributed by atoms with Crippen LogP contribution in [0.15, 0.2) is 18.2 Å². The summed E-state index contributed by atoms with van der Waals surface area (Å²) in [7, 11) is 0. The first kappa shape index (κ1) is 16.0. The van der Waals surface area contributed by atoms with Crippen molar-refractivity contribution in [1.82, 2.24) is 10.2 Å². The Bertz CT molecular complexity index is 508. The van der Waals surface area contributed by atoms with E-state index in [1.807, 2.05) is 0 Å². The maximum atomic E-state index is 12.4. The van der Waals surface area contributed by atoms with Crippen molar-refractivity contribution in [3.05, 3.63) is 34.9 Å². The minimum Gasteiger partial charge on any atom is -0.319 e. The number of benzene rings is 1. The molecule has 1 fully saturated rings. The largest absolute Gasteiger partial charge is 0.319 e. The zero-order chi connectivity index (χ0) is 15.6. The molecule has 1 aliphatic rings. The summed E-state index contributed by atoms with van der Waals surface area (Å²) < 4.78 is 0. The van der Waals surface area contributed by atoms with Gasteiger partial charge in [-0.3, -0.25) is 10.1 Å². The van der Waals surface area contributed by atoms with Crippen LogP contribution in [0.25, 0.3) is 0 Å². The lowest BCUT2D eigenvalue weighted by Gasteiger charge is -2.35. The Hall–Kier alpha value is -1.35. The molecule has 1 amide bonds. The first-order valence-corrected chi connectivity index (χ1v) is 8.11. The third-order valence-corrected chi connectivity index (χ3v) is 4.91. The Morgan fingerprint density at radius 3 is 2.57 bits per heavy atom. The number of amides is 1. The molecule has 116 valence electrons. The average molecular weight is 288 g/mol. The molecule has 0 bridgehead atoms. The van der Waals surface area contributed by atoms with Crippen molar-refractivity contribution >= 4 is 5.91 Å². The molecule has 2 atom stereocenters. The van der Waals surface area contributed by atoms with Crippen LogP contribution in [0.1, 0.15) is 56.5 Å². The molecule has 1 aromatic carbocycles. The SMILES string of the molecule is CCC(CC)C(C)N1C(=O)CNC1c1cc(C)ccc1C. The van der Waals surface area contributed by atoms with Gasteiger partial charge in [-0.15, -0.1) is 0 Å². The summed E-state index contributed by atoms with van der Waals surface area (Å²) in [5, 5.41) is 3.40. The number of aryl methyl sites for hydroxylation is 2. The number of rotatable bonds is 5. The molecule has 1 N–H and O–H groups in total. The summed E-state index contributed by atoms with van der Waals surface area (Å²) in [5.41, 5.74) is 3.72. The molecule has 0 aromatic heterocycles. The van der Waals surface area contributed by atoms with Gasteiger partial charge in [-0.2, -0.15) is 0 Å². The lowest BCUT2D eigenvalue weighted by atomic mass is 9.93. The summed E-state index contributed by atoms with van der Waals surface area (Å²) in [6.07, 6.45) is 2.25. The predicted molar refractivity (Wildman–Crippen MR) is 87.0 cm³/mol. The van der Waals surface area contributed by atoms with Crippen molar-refractivity contribution in [3.63, 3.8) is 0 Å². The molecular weight excluding hydrogens is 260 g/mol.